The Morgan fingerprint density at radius 3 is 2.29 bits per heavy atom. The number of nitrogens with zero attached hydrogens (tertiary/aromatic N) is 3. The van der Waals surface area contributed by atoms with Gasteiger partial charge in [0.25, 0.3) is 0 Å². The van der Waals surface area contributed by atoms with Gasteiger partial charge in [-0.15, -0.1) is 0 Å². The van der Waals surface area contributed by atoms with Gasteiger partial charge in [0.05, 0.1) is 11.2 Å². The number of benzene rings is 1. The maximum absolute atomic E-state index is 11.0. The summed E-state index contributed by atoms with van der Waals surface area (Å²) in [6.07, 6.45) is 3.05. The number of hydrogen-bond acceptors (Lipinski definition) is 3. The normalized spacial score (nSPS) is 15.0. The molecule has 1 N–H and O–H groups in total. The zero-order valence-electron chi connectivity index (χ0n) is 20.6. The molecule has 3 aromatic rings. The largest absolute Gasteiger partial charge is 0.481 e. The van der Waals surface area contributed by atoms with Crippen LogP contribution in [-0.4, -0.2) is 33.7 Å². The van der Waals surface area contributed by atoms with E-state index in [0.29, 0.717) is 11.8 Å². The second kappa shape index (κ2) is 10.0. The summed E-state index contributed by atoms with van der Waals surface area (Å²) in [4.78, 5) is 18.4. The van der Waals surface area contributed by atoms with Crippen LogP contribution in [0.1, 0.15) is 68.0 Å². The lowest BCUT2D eigenvalue weighted by atomic mass is 9.92. The predicted octanol–water partition coefficient (Wildman–Crippen LogP) is 7.68. The molecule has 1 saturated heterocycles. The molecule has 4 rings (SSSR count). The first-order chi connectivity index (χ1) is 16.1. The maximum atomic E-state index is 11.0. The van der Waals surface area contributed by atoms with Gasteiger partial charge in [-0.25, -0.2) is 4.98 Å². The molecule has 3 heterocycles. The van der Waals surface area contributed by atoms with Gasteiger partial charge in [-0.3, -0.25) is 4.79 Å². The van der Waals surface area contributed by atoms with E-state index in [9.17, 15) is 4.79 Å². The molecule has 7 heteroatoms. The molecular formula is C27H33Br2N3O2. The fraction of sp³-hybridized carbons (Fsp3) is 0.481. The van der Waals surface area contributed by atoms with Gasteiger partial charge in [0, 0.05) is 45.2 Å². The van der Waals surface area contributed by atoms with Gasteiger partial charge in [-0.2, -0.15) is 0 Å². The zero-order chi connectivity index (χ0) is 24.7. The van der Waals surface area contributed by atoms with Crippen molar-refractivity contribution in [2.75, 3.05) is 18.0 Å². The van der Waals surface area contributed by atoms with Gasteiger partial charge in [0.15, 0.2) is 0 Å². The van der Waals surface area contributed by atoms with Crippen molar-refractivity contribution >= 4 is 54.5 Å². The first-order valence-corrected chi connectivity index (χ1v) is 13.6. The van der Waals surface area contributed by atoms with Gasteiger partial charge in [0.2, 0.25) is 0 Å². The molecule has 0 spiro atoms. The number of piperidine rings is 1. The highest BCUT2D eigenvalue weighted by atomic mass is 79.9. The first kappa shape index (κ1) is 25.2. The van der Waals surface area contributed by atoms with Gasteiger partial charge >= 0.3 is 5.97 Å². The minimum absolute atomic E-state index is 0.262. The monoisotopic (exact) mass is 589 g/mol. The second-order valence-electron chi connectivity index (χ2n) is 9.88. The second-order valence-corrected chi connectivity index (χ2v) is 11.6. The van der Waals surface area contributed by atoms with Crippen LogP contribution in [0.15, 0.2) is 27.1 Å². The number of pyridine rings is 1. The Balaban J connectivity index is 1.78. The number of carbonyl (C=O) groups is 1. The van der Waals surface area contributed by atoms with E-state index >= 15 is 0 Å². The van der Waals surface area contributed by atoms with Crippen LogP contribution in [0, 0.1) is 26.7 Å². The summed E-state index contributed by atoms with van der Waals surface area (Å²) in [5.41, 5.74) is 7.03. The minimum Gasteiger partial charge on any atom is -0.481 e. The molecule has 1 fully saturated rings. The van der Waals surface area contributed by atoms with Crippen LogP contribution < -0.4 is 4.90 Å². The molecule has 0 unspecified atom stereocenters. The van der Waals surface area contributed by atoms with Crippen LogP contribution in [0.2, 0.25) is 0 Å². The van der Waals surface area contributed by atoms with E-state index < -0.39 is 5.97 Å². The van der Waals surface area contributed by atoms with Crippen molar-refractivity contribution in [3.05, 3.63) is 49.7 Å². The summed E-state index contributed by atoms with van der Waals surface area (Å²) in [5.74, 6) is 1.28. The SMILES string of the molecule is Cc1cc2c(c(N3CCC(CCC(=O)O)CC3)n1)c(C)c(C)n2-c1c(Br)cc(C(C)C)cc1Br. The molecule has 0 radical (unpaired) electrons. The van der Waals surface area contributed by atoms with Crippen LogP contribution in [0.3, 0.4) is 0 Å². The third-order valence-corrected chi connectivity index (χ3v) is 8.42. The lowest BCUT2D eigenvalue weighted by Crippen LogP contribution is -2.34. The quantitative estimate of drug-likeness (QED) is 0.320. The van der Waals surface area contributed by atoms with Crippen molar-refractivity contribution in [1.29, 1.82) is 0 Å². The molecule has 182 valence electrons. The van der Waals surface area contributed by atoms with Crippen molar-refractivity contribution in [1.82, 2.24) is 9.55 Å². The number of aromatic nitrogens is 2. The number of carboxylic acid groups (broad SMARTS) is 1. The Labute approximate surface area is 218 Å². The molecule has 2 aromatic heterocycles. The van der Waals surface area contributed by atoms with Crippen molar-refractivity contribution in [2.24, 2.45) is 5.92 Å². The van der Waals surface area contributed by atoms with E-state index in [4.69, 9.17) is 10.1 Å². The molecular weight excluding hydrogens is 558 g/mol. The lowest BCUT2D eigenvalue weighted by Gasteiger charge is -2.33. The van der Waals surface area contributed by atoms with Crippen LogP contribution in [0.4, 0.5) is 5.82 Å². The first-order valence-electron chi connectivity index (χ1n) is 12.0. The standard InChI is InChI=1S/C27H33Br2N3O2/c1-15(2)20-13-21(28)26(22(29)14-20)32-18(5)17(4)25-23(32)12-16(3)30-27(25)31-10-8-19(9-11-31)6-7-24(33)34/h12-15,19H,6-11H2,1-5H3,(H,33,34). The highest BCUT2D eigenvalue weighted by Crippen LogP contribution is 2.41. The smallest absolute Gasteiger partial charge is 0.303 e. The number of carboxylic acids is 1. The molecule has 0 aliphatic carbocycles. The third-order valence-electron chi connectivity index (χ3n) is 7.21. The summed E-state index contributed by atoms with van der Waals surface area (Å²) < 4.78 is 4.49. The molecule has 0 atom stereocenters. The van der Waals surface area contributed by atoms with E-state index in [1.165, 1.54) is 27.7 Å². The van der Waals surface area contributed by atoms with Crippen LogP contribution in [0.25, 0.3) is 16.6 Å². The van der Waals surface area contributed by atoms with Crippen molar-refractivity contribution < 1.29 is 9.90 Å². The number of aliphatic carboxylic acids is 1. The summed E-state index contributed by atoms with van der Waals surface area (Å²) >= 11 is 7.72. The van der Waals surface area contributed by atoms with Crippen molar-refractivity contribution in [2.45, 2.75) is 66.2 Å². The zero-order valence-corrected chi connectivity index (χ0v) is 23.8. The number of halogens is 2. The van der Waals surface area contributed by atoms with Gasteiger partial charge < -0.3 is 14.6 Å². The highest BCUT2D eigenvalue weighted by molar-refractivity contribution is 9.11. The van der Waals surface area contributed by atoms with E-state index in [0.717, 1.165) is 58.5 Å². The molecule has 0 bridgehead atoms. The van der Waals surface area contributed by atoms with Gasteiger partial charge in [-0.1, -0.05) is 13.8 Å². The van der Waals surface area contributed by atoms with E-state index in [2.05, 4.69) is 94.1 Å². The molecule has 5 nitrogen and oxygen atoms in total. The Kier molecular flexibility index (Phi) is 7.44. The number of aryl methyl sites for hydroxylation is 2. The third kappa shape index (κ3) is 4.78. The van der Waals surface area contributed by atoms with Crippen LogP contribution in [-0.2, 0) is 4.79 Å². The number of hydrogen-bond donors (Lipinski definition) is 1. The molecule has 1 aliphatic rings. The van der Waals surface area contributed by atoms with Crippen LogP contribution >= 0.6 is 31.9 Å². The van der Waals surface area contributed by atoms with E-state index in [1.54, 1.807) is 0 Å². The fourth-order valence-electron chi connectivity index (χ4n) is 5.12. The Morgan fingerprint density at radius 1 is 1.12 bits per heavy atom. The fourth-order valence-corrected chi connectivity index (χ4v) is 6.69. The van der Waals surface area contributed by atoms with Crippen molar-refractivity contribution in [3.63, 3.8) is 0 Å². The molecule has 0 saturated carbocycles. The summed E-state index contributed by atoms with van der Waals surface area (Å²) in [7, 11) is 0. The number of rotatable bonds is 6. The van der Waals surface area contributed by atoms with E-state index in [1.807, 2.05) is 0 Å². The summed E-state index contributed by atoms with van der Waals surface area (Å²) in [6.45, 7) is 12.7. The average Bonchev–Trinajstić information content (AvgIpc) is 3.02. The Morgan fingerprint density at radius 2 is 1.74 bits per heavy atom. The average molecular weight is 591 g/mol. The summed E-state index contributed by atoms with van der Waals surface area (Å²) in [5, 5.41) is 10.2. The minimum atomic E-state index is -0.698. The van der Waals surface area contributed by atoms with Gasteiger partial charge in [-0.05, 0) is 113 Å². The van der Waals surface area contributed by atoms with E-state index in [-0.39, 0.29) is 6.42 Å². The molecule has 1 aromatic carbocycles. The lowest BCUT2D eigenvalue weighted by molar-refractivity contribution is -0.137. The summed E-state index contributed by atoms with van der Waals surface area (Å²) in [6, 6.07) is 6.64. The van der Waals surface area contributed by atoms with Gasteiger partial charge in [0.1, 0.15) is 5.82 Å². The molecule has 34 heavy (non-hydrogen) atoms. The maximum Gasteiger partial charge on any atom is 0.303 e. The van der Waals surface area contributed by atoms with Crippen molar-refractivity contribution in [3.8, 4) is 5.69 Å². The number of fused-ring (bicyclic) bond motifs is 1. The number of anilines is 1. The Hall–Kier alpha value is -1.86. The molecule has 0 amide bonds. The predicted molar refractivity (Wildman–Crippen MR) is 147 cm³/mol. The van der Waals surface area contributed by atoms with Crippen LogP contribution in [0.5, 0.6) is 0 Å². The molecule has 1 aliphatic heterocycles. The highest BCUT2D eigenvalue weighted by Gasteiger charge is 2.26. The topological polar surface area (TPSA) is 58.4 Å². The Bertz CT molecular complexity index is 1220.